The first kappa shape index (κ1) is 31.3. The minimum atomic E-state index is -4.15. The van der Waals surface area contributed by atoms with Crippen LogP contribution in [0, 0.1) is 6.92 Å². The molecule has 1 aliphatic rings. The molecule has 1 fully saturated rings. The normalized spacial score (nSPS) is 15.0. The summed E-state index contributed by atoms with van der Waals surface area (Å²) >= 11 is 12.2. The van der Waals surface area contributed by atoms with E-state index in [9.17, 15) is 18.0 Å². The summed E-state index contributed by atoms with van der Waals surface area (Å²) in [6.07, 6.45) is 3.39. The molecule has 3 aromatic rings. The van der Waals surface area contributed by atoms with E-state index in [1.54, 1.807) is 36.4 Å². The SMILES string of the molecule is Cc1ccc(S(=O)(=O)N(CC(=O)N/N=C\c2ccc(OCC(=O)NC[C@H]3CCCO3)cc2)c2cc(Cl)cc(Cl)c2)cc1. The number of ether oxygens (including phenoxy) is 2. The van der Waals surface area contributed by atoms with Gasteiger partial charge in [0.15, 0.2) is 6.61 Å². The summed E-state index contributed by atoms with van der Waals surface area (Å²) in [6.45, 7) is 2.32. The van der Waals surface area contributed by atoms with Gasteiger partial charge in [-0.2, -0.15) is 5.10 Å². The van der Waals surface area contributed by atoms with Gasteiger partial charge in [-0.05, 0) is 79.9 Å². The molecule has 1 aliphatic heterocycles. The van der Waals surface area contributed by atoms with Crippen LogP contribution < -0.4 is 19.8 Å². The molecule has 1 saturated heterocycles. The second-order valence-electron chi connectivity index (χ2n) is 9.54. The summed E-state index contributed by atoms with van der Waals surface area (Å²) in [5, 5.41) is 7.16. The van der Waals surface area contributed by atoms with Gasteiger partial charge >= 0.3 is 0 Å². The van der Waals surface area contributed by atoms with Crippen LogP contribution in [-0.2, 0) is 24.3 Å². The first-order valence-corrected chi connectivity index (χ1v) is 15.3. The Bertz CT molecular complexity index is 1510. The van der Waals surface area contributed by atoms with E-state index in [1.807, 2.05) is 6.92 Å². The number of sulfonamides is 1. The molecule has 3 aromatic carbocycles. The minimum Gasteiger partial charge on any atom is -0.484 e. The smallest absolute Gasteiger partial charge is 0.264 e. The van der Waals surface area contributed by atoms with Crippen LogP contribution in [0.5, 0.6) is 5.75 Å². The van der Waals surface area contributed by atoms with Gasteiger partial charge in [0.05, 0.1) is 22.9 Å². The fourth-order valence-corrected chi connectivity index (χ4v) is 5.98. The molecule has 42 heavy (non-hydrogen) atoms. The number of anilines is 1. The maximum Gasteiger partial charge on any atom is 0.264 e. The average molecular weight is 634 g/mol. The molecule has 0 spiro atoms. The van der Waals surface area contributed by atoms with Crippen LogP contribution in [0.4, 0.5) is 5.69 Å². The molecular formula is C29H30Cl2N4O6S. The van der Waals surface area contributed by atoms with E-state index in [1.165, 1.54) is 36.5 Å². The Morgan fingerprint density at radius 2 is 1.74 bits per heavy atom. The lowest BCUT2D eigenvalue weighted by Crippen LogP contribution is -2.39. The van der Waals surface area contributed by atoms with Gasteiger partial charge in [0.2, 0.25) is 0 Å². The summed E-state index contributed by atoms with van der Waals surface area (Å²) in [4.78, 5) is 24.8. The first-order valence-electron chi connectivity index (χ1n) is 13.1. The van der Waals surface area contributed by atoms with Gasteiger partial charge in [0.1, 0.15) is 12.3 Å². The van der Waals surface area contributed by atoms with Crippen molar-refractivity contribution in [2.45, 2.75) is 30.8 Å². The number of hydrogen-bond donors (Lipinski definition) is 2. The molecule has 0 aromatic heterocycles. The summed E-state index contributed by atoms with van der Waals surface area (Å²) in [7, 11) is -4.15. The molecule has 1 atom stereocenters. The number of nitrogens with zero attached hydrogens (tertiary/aromatic N) is 2. The molecule has 0 unspecified atom stereocenters. The van der Waals surface area contributed by atoms with Crippen LogP contribution in [0.25, 0.3) is 0 Å². The van der Waals surface area contributed by atoms with E-state index < -0.39 is 22.5 Å². The molecule has 0 aliphatic carbocycles. The van der Waals surface area contributed by atoms with E-state index in [-0.39, 0.29) is 39.2 Å². The van der Waals surface area contributed by atoms with Gasteiger partial charge in [-0.25, -0.2) is 13.8 Å². The fraction of sp³-hybridized carbons (Fsp3) is 0.276. The first-order chi connectivity index (χ1) is 20.1. The standard InChI is InChI=1S/C29H30Cl2N4O6S/c1-20-4-10-27(11-5-20)42(38,39)35(24-14-22(30)13-23(31)15-24)18-28(36)34-33-16-21-6-8-25(9-7-21)41-19-29(37)32-17-26-3-2-12-40-26/h4-11,13-16,26H,2-3,12,17-19H2,1H3,(H,32,37)(H,34,36)/b33-16-/t26-/m1/s1. The lowest BCUT2D eigenvalue weighted by atomic mass is 10.2. The third-order valence-corrected chi connectivity index (χ3v) is 8.46. The third-order valence-electron chi connectivity index (χ3n) is 6.24. The van der Waals surface area contributed by atoms with E-state index >= 15 is 0 Å². The van der Waals surface area contributed by atoms with Gasteiger partial charge < -0.3 is 14.8 Å². The molecule has 1 heterocycles. The van der Waals surface area contributed by atoms with E-state index in [0.29, 0.717) is 17.9 Å². The highest BCUT2D eigenvalue weighted by molar-refractivity contribution is 7.92. The lowest BCUT2D eigenvalue weighted by molar-refractivity contribution is -0.123. The molecule has 2 amide bonds. The van der Waals surface area contributed by atoms with Crippen molar-refractivity contribution in [1.29, 1.82) is 0 Å². The highest BCUT2D eigenvalue weighted by Crippen LogP contribution is 2.29. The molecule has 222 valence electrons. The van der Waals surface area contributed by atoms with Gasteiger partial charge in [-0.1, -0.05) is 40.9 Å². The zero-order valence-corrected chi connectivity index (χ0v) is 25.1. The maximum absolute atomic E-state index is 13.5. The predicted octanol–water partition coefficient (Wildman–Crippen LogP) is 4.32. The van der Waals surface area contributed by atoms with Crippen LogP contribution >= 0.6 is 23.2 Å². The number of benzene rings is 3. The summed E-state index contributed by atoms with van der Waals surface area (Å²) in [5.41, 5.74) is 4.00. The molecule has 2 N–H and O–H groups in total. The zero-order chi connectivity index (χ0) is 30.1. The lowest BCUT2D eigenvalue weighted by Gasteiger charge is -2.24. The van der Waals surface area contributed by atoms with E-state index in [4.69, 9.17) is 32.7 Å². The number of aryl methyl sites for hydroxylation is 1. The average Bonchev–Trinajstić information content (AvgIpc) is 3.48. The number of nitrogens with one attached hydrogen (secondary N) is 2. The number of carbonyl (C=O) groups is 2. The Kier molecular flexibility index (Phi) is 10.8. The number of hydrogen-bond acceptors (Lipinski definition) is 7. The van der Waals surface area contributed by atoms with Crippen molar-refractivity contribution in [2.75, 3.05) is 30.6 Å². The molecule has 0 saturated carbocycles. The number of hydrazone groups is 1. The Labute approximate surface area is 254 Å². The highest BCUT2D eigenvalue weighted by Gasteiger charge is 2.28. The van der Waals surface area contributed by atoms with Crippen LogP contribution in [0.15, 0.2) is 76.7 Å². The summed E-state index contributed by atoms with van der Waals surface area (Å²) in [6, 6.07) is 17.2. The molecular weight excluding hydrogens is 603 g/mol. The molecule has 0 bridgehead atoms. The largest absolute Gasteiger partial charge is 0.484 e. The van der Waals surface area contributed by atoms with Crippen LogP contribution in [0.2, 0.25) is 10.0 Å². The Morgan fingerprint density at radius 1 is 1.05 bits per heavy atom. The van der Waals surface area contributed by atoms with Crippen molar-refractivity contribution in [1.82, 2.24) is 10.7 Å². The van der Waals surface area contributed by atoms with Gasteiger partial charge in [-0.3, -0.25) is 13.9 Å². The van der Waals surface area contributed by atoms with E-state index in [0.717, 1.165) is 29.3 Å². The zero-order valence-electron chi connectivity index (χ0n) is 22.8. The minimum absolute atomic E-state index is 0.00289. The highest BCUT2D eigenvalue weighted by atomic mass is 35.5. The topological polar surface area (TPSA) is 126 Å². The van der Waals surface area contributed by atoms with Crippen molar-refractivity contribution >= 4 is 56.9 Å². The van der Waals surface area contributed by atoms with Crippen LogP contribution in [-0.4, -0.2) is 58.9 Å². The number of amides is 2. The number of halogens is 2. The predicted molar refractivity (Wildman–Crippen MR) is 162 cm³/mol. The number of carbonyl (C=O) groups excluding carboxylic acids is 2. The van der Waals surface area contributed by atoms with Crippen molar-refractivity contribution in [2.24, 2.45) is 5.10 Å². The van der Waals surface area contributed by atoms with Crippen molar-refractivity contribution in [3.05, 3.63) is 87.9 Å². The second kappa shape index (κ2) is 14.5. The molecule has 4 rings (SSSR count). The fourth-order valence-electron chi connectivity index (χ4n) is 4.06. The second-order valence-corrected chi connectivity index (χ2v) is 12.3. The van der Waals surface area contributed by atoms with Crippen LogP contribution in [0.3, 0.4) is 0 Å². The van der Waals surface area contributed by atoms with Crippen molar-refractivity contribution < 1.29 is 27.5 Å². The summed E-state index contributed by atoms with van der Waals surface area (Å²) < 4.78 is 38.9. The third kappa shape index (κ3) is 8.93. The monoisotopic (exact) mass is 632 g/mol. The van der Waals surface area contributed by atoms with Gasteiger partial charge in [0, 0.05) is 23.2 Å². The van der Waals surface area contributed by atoms with Crippen LogP contribution in [0.1, 0.15) is 24.0 Å². The van der Waals surface area contributed by atoms with Gasteiger partial charge in [-0.15, -0.1) is 0 Å². The molecule has 0 radical (unpaired) electrons. The van der Waals surface area contributed by atoms with E-state index in [2.05, 4.69) is 15.8 Å². The molecule has 10 nitrogen and oxygen atoms in total. The van der Waals surface area contributed by atoms with Gasteiger partial charge in [0.25, 0.3) is 21.8 Å². The Hall–Kier alpha value is -3.64. The maximum atomic E-state index is 13.5. The van der Waals surface area contributed by atoms with Crippen molar-refractivity contribution in [3.63, 3.8) is 0 Å². The number of rotatable bonds is 12. The van der Waals surface area contributed by atoms with Crippen molar-refractivity contribution in [3.8, 4) is 5.75 Å². The quantitative estimate of drug-likeness (QED) is 0.226. The summed E-state index contributed by atoms with van der Waals surface area (Å²) in [5.74, 6) is -0.440. The molecule has 13 heteroatoms. The Morgan fingerprint density at radius 3 is 2.38 bits per heavy atom. The Balaban J connectivity index is 1.35.